The lowest BCUT2D eigenvalue weighted by Gasteiger charge is -2.20. The Kier molecular flexibility index (Phi) is 5.09. The van der Waals surface area contributed by atoms with Gasteiger partial charge in [-0.3, -0.25) is 19.3 Å². The number of amides is 2. The summed E-state index contributed by atoms with van der Waals surface area (Å²) in [6, 6.07) is 0. The third-order valence-electron chi connectivity index (χ3n) is 2.98. The number of carbonyl (C=O) groups is 3. The Morgan fingerprint density at radius 3 is 2.24 bits per heavy atom. The summed E-state index contributed by atoms with van der Waals surface area (Å²) in [6.07, 6.45) is 3.16. The van der Waals surface area contributed by atoms with Crippen molar-refractivity contribution in [2.24, 2.45) is 17.4 Å². The fraction of sp³-hybridized carbons (Fsp3) is 0.727. The summed E-state index contributed by atoms with van der Waals surface area (Å²) in [5.41, 5.74) is 10.2. The molecule has 2 amide bonds. The van der Waals surface area contributed by atoms with Crippen LogP contribution in [0.2, 0.25) is 0 Å². The van der Waals surface area contributed by atoms with Crippen LogP contribution in [-0.2, 0) is 14.4 Å². The highest BCUT2D eigenvalue weighted by Crippen LogP contribution is 2.24. The van der Waals surface area contributed by atoms with E-state index in [2.05, 4.69) is 0 Å². The van der Waals surface area contributed by atoms with E-state index in [1.165, 1.54) is 0 Å². The molecule has 1 saturated carbocycles. The molecule has 4 N–H and O–H groups in total. The van der Waals surface area contributed by atoms with Crippen molar-refractivity contribution in [3.8, 4) is 0 Å². The van der Waals surface area contributed by atoms with Crippen LogP contribution in [0.5, 0.6) is 0 Å². The predicted octanol–water partition coefficient (Wildman–Crippen LogP) is -0.982. The van der Waals surface area contributed by atoms with Crippen LogP contribution in [0, 0.1) is 5.92 Å². The van der Waals surface area contributed by atoms with Gasteiger partial charge in [-0.05, 0) is 25.8 Å². The molecule has 1 fully saturated rings. The molecular weight excluding hydrogens is 222 g/mol. The van der Waals surface area contributed by atoms with Gasteiger partial charge in [0.1, 0.15) is 5.78 Å². The fourth-order valence-electron chi connectivity index (χ4n) is 2.19. The highest BCUT2D eigenvalue weighted by Gasteiger charge is 2.25. The summed E-state index contributed by atoms with van der Waals surface area (Å²) in [7, 11) is 0. The number of hydrogen-bond donors (Lipinski definition) is 2. The van der Waals surface area contributed by atoms with Gasteiger partial charge in [-0.25, -0.2) is 0 Å². The van der Waals surface area contributed by atoms with Gasteiger partial charge in [-0.2, -0.15) is 0 Å². The topological polar surface area (TPSA) is 106 Å². The van der Waals surface area contributed by atoms with E-state index in [0.29, 0.717) is 19.4 Å². The Hall–Kier alpha value is -1.43. The zero-order valence-electron chi connectivity index (χ0n) is 9.85. The minimum absolute atomic E-state index is 0.00382. The van der Waals surface area contributed by atoms with Crippen LogP contribution in [0.25, 0.3) is 0 Å². The van der Waals surface area contributed by atoms with Crippen LogP contribution in [0.15, 0.2) is 0 Å². The molecule has 0 aliphatic heterocycles. The molecule has 17 heavy (non-hydrogen) atoms. The van der Waals surface area contributed by atoms with Crippen molar-refractivity contribution in [2.45, 2.75) is 25.7 Å². The van der Waals surface area contributed by atoms with E-state index < -0.39 is 11.8 Å². The number of nitrogens with two attached hydrogens (primary N) is 2. The van der Waals surface area contributed by atoms with E-state index in [1.807, 2.05) is 0 Å². The molecule has 0 heterocycles. The quantitative estimate of drug-likeness (QED) is 0.597. The number of ketones is 1. The molecule has 0 aromatic rings. The maximum atomic E-state index is 11.4. The van der Waals surface area contributed by atoms with Crippen LogP contribution >= 0.6 is 0 Å². The van der Waals surface area contributed by atoms with E-state index in [9.17, 15) is 14.4 Å². The largest absolute Gasteiger partial charge is 0.369 e. The van der Waals surface area contributed by atoms with Crippen LogP contribution in [0.4, 0.5) is 0 Å². The van der Waals surface area contributed by atoms with Crippen LogP contribution in [0.3, 0.4) is 0 Å². The lowest BCUT2D eigenvalue weighted by atomic mass is 10.0. The minimum Gasteiger partial charge on any atom is -0.369 e. The smallest absolute Gasteiger partial charge is 0.231 e. The van der Waals surface area contributed by atoms with Gasteiger partial charge in [0.2, 0.25) is 11.8 Å². The molecule has 0 saturated heterocycles. The van der Waals surface area contributed by atoms with Crippen LogP contribution in [-0.4, -0.2) is 42.1 Å². The van der Waals surface area contributed by atoms with Crippen molar-refractivity contribution in [3.63, 3.8) is 0 Å². The molecule has 1 aliphatic rings. The van der Waals surface area contributed by atoms with Crippen LogP contribution < -0.4 is 11.5 Å². The number of Topliss-reactive ketones (excluding diaryl/α,β-unsaturated/α-hetero) is 1. The second kappa shape index (κ2) is 6.34. The second-order valence-electron chi connectivity index (χ2n) is 4.49. The molecule has 1 atom stereocenters. The normalized spacial score (nSPS) is 19.8. The van der Waals surface area contributed by atoms with Crippen molar-refractivity contribution in [1.29, 1.82) is 0 Å². The molecule has 0 radical (unpaired) electrons. The number of hydrogen-bond acceptors (Lipinski definition) is 4. The number of rotatable bonds is 7. The maximum absolute atomic E-state index is 11.4. The summed E-state index contributed by atoms with van der Waals surface area (Å²) < 4.78 is 0. The van der Waals surface area contributed by atoms with Gasteiger partial charge in [0, 0.05) is 12.3 Å². The SMILES string of the molecule is NC(=O)CN(CCC1CCCC1=O)CC(N)=O. The molecule has 1 aliphatic carbocycles. The first-order chi connectivity index (χ1) is 7.99. The van der Waals surface area contributed by atoms with Crippen molar-refractivity contribution in [1.82, 2.24) is 4.90 Å². The zero-order chi connectivity index (χ0) is 12.8. The monoisotopic (exact) mass is 241 g/mol. The van der Waals surface area contributed by atoms with E-state index in [0.717, 1.165) is 12.8 Å². The summed E-state index contributed by atoms with van der Waals surface area (Å²) in [6.45, 7) is 0.510. The number of carbonyl (C=O) groups excluding carboxylic acids is 3. The Balaban J connectivity index is 2.39. The first-order valence-electron chi connectivity index (χ1n) is 5.80. The molecule has 0 aromatic heterocycles. The summed E-state index contributed by atoms with van der Waals surface area (Å²) in [5, 5.41) is 0. The van der Waals surface area contributed by atoms with E-state index in [4.69, 9.17) is 11.5 Å². The lowest BCUT2D eigenvalue weighted by molar-refractivity contribution is -0.121. The Labute approximate surface area is 100 Å². The zero-order valence-corrected chi connectivity index (χ0v) is 9.85. The van der Waals surface area contributed by atoms with Gasteiger partial charge in [0.25, 0.3) is 0 Å². The standard InChI is InChI=1S/C11H19N3O3/c12-10(16)6-14(7-11(13)17)5-4-8-2-1-3-9(8)15/h8H,1-7H2,(H2,12,16)(H2,13,17). The average molecular weight is 241 g/mol. The Morgan fingerprint density at radius 2 is 1.82 bits per heavy atom. The molecule has 0 aromatic carbocycles. The fourth-order valence-corrected chi connectivity index (χ4v) is 2.19. The molecule has 96 valence electrons. The molecule has 1 rings (SSSR count). The van der Waals surface area contributed by atoms with Gasteiger partial charge in [0.05, 0.1) is 13.1 Å². The van der Waals surface area contributed by atoms with Gasteiger partial charge in [-0.15, -0.1) is 0 Å². The molecule has 0 bridgehead atoms. The van der Waals surface area contributed by atoms with Gasteiger partial charge >= 0.3 is 0 Å². The third-order valence-corrected chi connectivity index (χ3v) is 2.98. The van der Waals surface area contributed by atoms with E-state index in [-0.39, 0.29) is 24.8 Å². The Bertz CT molecular complexity index is 301. The van der Waals surface area contributed by atoms with Crippen molar-refractivity contribution in [2.75, 3.05) is 19.6 Å². The van der Waals surface area contributed by atoms with Crippen molar-refractivity contribution < 1.29 is 14.4 Å². The third kappa shape index (κ3) is 4.95. The highest BCUT2D eigenvalue weighted by molar-refractivity contribution is 5.83. The maximum Gasteiger partial charge on any atom is 0.231 e. The summed E-state index contributed by atoms with van der Waals surface area (Å²) in [4.78, 5) is 34.6. The molecule has 0 spiro atoms. The second-order valence-corrected chi connectivity index (χ2v) is 4.49. The predicted molar refractivity (Wildman–Crippen MR) is 61.8 cm³/mol. The first-order valence-corrected chi connectivity index (χ1v) is 5.80. The average Bonchev–Trinajstić information content (AvgIpc) is 2.59. The van der Waals surface area contributed by atoms with Crippen LogP contribution in [0.1, 0.15) is 25.7 Å². The minimum atomic E-state index is -0.496. The molecule has 6 nitrogen and oxygen atoms in total. The van der Waals surface area contributed by atoms with Gasteiger partial charge in [0.15, 0.2) is 0 Å². The highest BCUT2D eigenvalue weighted by atomic mass is 16.2. The van der Waals surface area contributed by atoms with Gasteiger partial charge < -0.3 is 11.5 Å². The van der Waals surface area contributed by atoms with Gasteiger partial charge in [-0.1, -0.05) is 0 Å². The van der Waals surface area contributed by atoms with E-state index in [1.54, 1.807) is 4.90 Å². The van der Waals surface area contributed by atoms with Crippen molar-refractivity contribution >= 4 is 17.6 Å². The molecular formula is C11H19N3O3. The summed E-state index contributed by atoms with van der Waals surface area (Å²) >= 11 is 0. The first kappa shape index (κ1) is 13.6. The lowest BCUT2D eigenvalue weighted by Crippen LogP contribution is -2.40. The van der Waals surface area contributed by atoms with E-state index >= 15 is 0 Å². The Morgan fingerprint density at radius 1 is 1.24 bits per heavy atom. The number of nitrogens with zero attached hydrogens (tertiary/aromatic N) is 1. The molecule has 1 unspecified atom stereocenters. The molecule has 6 heteroatoms. The number of primary amides is 2. The van der Waals surface area contributed by atoms with Crippen molar-refractivity contribution in [3.05, 3.63) is 0 Å². The summed E-state index contributed by atoms with van der Waals surface area (Å²) in [5.74, 6) is -0.644.